The van der Waals surface area contributed by atoms with E-state index >= 15 is 0 Å². The molecule has 0 aromatic carbocycles. The van der Waals surface area contributed by atoms with E-state index in [9.17, 15) is 0 Å². The molecule has 0 saturated heterocycles. The lowest BCUT2D eigenvalue weighted by atomic mass is 10.3. The third kappa shape index (κ3) is 4.12. The Kier molecular flexibility index (Phi) is 4.60. The summed E-state index contributed by atoms with van der Waals surface area (Å²) in [5, 5.41) is 12.3. The summed E-state index contributed by atoms with van der Waals surface area (Å²) < 4.78 is 0. The van der Waals surface area contributed by atoms with Gasteiger partial charge in [-0.3, -0.25) is 4.90 Å². The summed E-state index contributed by atoms with van der Waals surface area (Å²) in [6.45, 7) is 2.47. The first kappa shape index (κ1) is 10.3. The van der Waals surface area contributed by atoms with Crippen molar-refractivity contribution in [1.29, 1.82) is 0 Å². The highest BCUT2D eigenvalue weighted by Gasteiger charge is 2.27. The maximum atomic E-state index is 8.79. The van der Waals surface area contributed by atoms with E-state index in [0.717, 1.165) is 19.5 Å². The minimum Gasteiger partial charge on any atom is -0.395 e. The third-order valence-corrected chi connectivity index (χ3v) is 2.22. The Labute approximate surface area is 78.0 Å². The second kappa shape index (κ2) is 5.80. The minimum atomic E-state index is 0.220. The molecule has 1 rings (SSSR count). The van der Waals surface area contributed by atoms with Crippen molar-refractivity contribution < 1.29 is 5.11 Å². The molecule has 0 amide bonds. The van der Waals surface area contributed by atoms with Crippen LogP contribution in [0.25, 0.3) is 10.4 Å². The van der Waals surface area contributed by atoms with Crippen LogP contribution in [0.1, 0.15) is 19.3 Å². The zero-order valence-electron chi connectivity index (χ0n) is 7.76. The first-order valence-electron chi connectivity index (χ1n) is 4.74. The van der Waals surface area contributed by atoms with E-state index in [4.69, 9.17) is 10.6 Å². The monoisotopic (exact) mass is 184 g/mol. The van der Waals surface area contributed by atoms with Crippen LogP contribution in [-0.2, 0) is 0 Å². The maximum Gasteiger partial charge on any atom is 0.0558 e. The molecule has 0 heterocycles. The molecule has 0 radical (unpaired) electrons. The van der Waals surface area contributed by atoms with Crippen molar-refractivity contribution in [2.24, 2.45) is 5.11 Å². The number of hydrogen-bond acceptors (Lipinski definition) is 3. The van der Waals surface area contributed by atoms with E-state index in [1.54, 1.807) is 0 Å². The Morgan fingerprint density at radius 2 is 2.23 bits per heavy atom. The fourth-order valence-corrected chi connectivity index (χ4v) is 1.43. The smallest absolute Gasteiger partial charge is 0.0558 e. The summed E-state index contributed by atoms with van der Waals surface area (Å²) in [6.07, 6.45) is 3.39. The molecule has 0 bridgehead atoms. The fourth-order valence-electron chi connectivity index (χ4n) is 1.43. The van der Waals surface area contributed by atoms with Crippen LogP contribution in [0, 0.1) is 0 Å². The molecule has 1 aliphatic carbocycles. The maximum absolute atomic E-state index is 8.79. The average Bonchev–Trinajstić information content (AvgIpc) is 2.93. The molecule has 74 valence electrons. The van der Waals surface area contributed by atoms with Gasteiger partial charge in [-0.15, -0.1) is 0 Å². The Hall–Kier alpha value is -0.770. The van der Waals surface area contributed by atoms with Crippen molar-refractivity contribution in [3.05, 3.63) is 10.4 Å². The minimum absolute atomic E-state index is 0.220. The average molecular weight is 184 g/mol. The van der Waals surface area contributed by atoms with Crippen molar-refractivity contribution in [3.8, 4) is 0 Å². The Bertz CT molecular complexity index is 187. The van der Waals surface area contributed by atoms with Crippen molar-refractivity contribution in [1.82, 2.24) is 4.90 Å². The molecular weight excluding hydrogens is 168 g/mol. The predicted octanol–water partition coefficient (Wildman–Crippen LogP) is 1.14. The molecule has 13 heavy (non-hydrogen) atoms. The molecule has 0 aliphatic heterocycles. The first-order chi connectivity index (χ1) is 6.38. The second-order valence-corrected chi connectivity index (χ2v) is 3.30. The van der Waals surface area contributed by atoms with Gasteiger partial charge in [-0.05, 0) is 31.3 Å². The molecule has 0 aromatic heterocycles. The Morgan fingerprint density at radius 1 is 1.46 bits per heavy atom. The topological polar surface area (TPSA) is 72.2 Å². The number of hydrogen-bond donors (Lipinski definition) is 1. The van der Waals surface area contributed by atoms with E-state index in [2.05, 4.69) is 14.9 Å². The fraction of sp³-hybridized carbons (Fsp3) is 1.00. The predicted molar refractivity (Wildman–Crippen MR) is 50.3 cm³/mol. The van der Waals surface area contributed by atoms with Crippen molar-refractivity contribution in [2.45, 2.75) is 25.3 Å². The highest BCUT2D eigenvalue weighted by Crippen LogP contribution is 2.26. The van der Waals surface area contributed by atoms with Gasteiger partial charge in [-0.1, -0.05) is 5.11 Å². The number of aliphatic hydroxyl groups excluding tert-OH is 1. The van der Waals surface area contributed by atoms with Gasteiger partial charge in [0.1, 0.15) is 0 Å². The van der Waals surface area contributed by atoms with E-state index in [1.165, 1.54) is 12.8 Å². The van der Waals surface area contributed by atoms with Gasteiger partial charge in [-0.2, -0.15) is 0 Å². The van der Waals surface area contributed by atoms with Gasteiger partial charge < -0.3 is 5.11 Å². The third-order valence-electron chi connectivity index (χ3n) is 2.22. The molecule has 1 aliphatic rings. The number of nitrogens with zero attached hydrogens (tertiary/aromatic N) is 4. The highest BCUT2D eigenvalue weighted by molar-refractivity contribution is 4.84. The lowest BCUT2D eigenvalue weighted by Gasteiger charge is -2.19. The molecule has 1 fully saturated rings. The molecule has 1 saturated carbocycles. The summed E-state index contributed by atoms with van der Waals surface area (Å²) in [7, 11) is 0. The van der Waals surface area contributed by atoms with Crippen molar-refractivity contribution in [3.63, 3.8) is 0 Å². The van der Waals surface area contributed by atoms with Gasteiger partial charge in [0, 0.05) is 24.0 Å². The summed E-state index contributed by atoms with van der Waals surface area (Å²) in [5.74, 6) is 0. The molecular formula is C8H16N4O. The van der Waals surface area contributed by atoms with E-state index in [0.29, 0.717) is 12.6 Å². The van der Waals surface area contributed by atoms with Gasteiger partial charge in [0.15, 0.2) is 0 Å². The largest absolute Gasteiger partial charge is 0.395 e. The van der Waals surface area contributed by atoms with Crippen molar-refractivity contribution in [2.75, 3.05) is 26.2 Å². The molecule has 5 heteroatoms. The zero-order chi connectivity index (χ0) is 9.52. The van der Waals surface area contributed by atoms with Crippen LogP contribution in [0.2, 0.25) is 0 Å². The number of azide groups is 1. The van der Waals surface area contributed by atoms with Gasteiger partial charge in [0.2, 0.25) is 0 Å². The van der Waals surface area contributed by atoms with Gasteiger partial charge in [-0.25, -0.2) is 0 Å². The summed E-state index contributed by atoms with van der Waals surface area (Å²) >= 11 is 0. The van der Waals surface area contributed by atoms with Gasteiger partial charge in [0.05, 0.1) is 6.61 Å². The van der Waals surface area contributed by atoms with E-state index in [1.807, 2.05) is 0 Å². The van der Waals surface area contributed by atoms with Crippen LogP contribution in [-0.4, -0.2) is 42.3 Å². The Balaban J connectivity index is 2.10. The first-order valence-corrected chi connectivity index (χ1v) is 4.74. The van der Waals surface area contributed by atoms with Crippen LogP contribution in [0.15, 0.2) is 5.11 Å². The molecule has 0 atom stereocenters. The SMILES string of the molecule is [N-]=[N+]=NCCCN(CCO)C1CC1. The van der Waals surface area contributed by atoms with E-state index < -0.39 is 0 Å². The van der Waals surface area contributed by atoms with Crippen LogP contribution >= 0.6 is 0 Å². The standard InChI is InChI=1S/C8H16N4O/c9-11-10-4-1-5-12(6-7-13)8-2-3-8/h8,13H,1-7H2. The number of rotatable bonds is 7. The van der Waals surface area contributed by atoms with Crippen LogP contribution in [0.4, 0.5) is 0 Å². The van der Waals surface area contributed by atoms with Crippen LogP contribution in [0.5, 0.6) is 0 Å². The Morgan fingerprint density at radius 3 is 2.77 bits per heavy atom. The highest BCUT2D eigenvalue weighted by atomic mass is 16.3. The molecule has 0 aromatic rings. The summed E-state index contributed by atoms with van der Waals surface area (Å²) in [6, 6.07) is 0.679. The van der Waals surface area contributed by atoms with Crippen molar-refractivity contribution >= 4 is 0 Å². The quantitative estimate of drug-likeness (QED) is 0.279. The lowest BCUT2D eigenvalue weighted by Crippen LogP contribution is -2.30. The molecule has 0 unspecified atom stereocenters. The van der Waals surface area contributed by atoms with Gasteiger partial charge >= 0.3 is 0 Å². The van der Waals surface area contributed by atoms with Gasteiger partial charge in [0.25, 0.3) is 0 Å². The second-order valence-electron chi connectivity index (χ2n) is 3.30. The zero-order valence-corrected chi connectivity index (χ0v) is 7.76. The normalized spacial score (nSPS) is 15.8. The number of aliphatic hydroxyl groups is 1. The van der Waals surface area contributed by atoms with Crippen LogP contribution in [0.3, 0.4) is 0 Å². The van der Waals surface area contributed by atoms with E-state index in [-0.39, 0.29) is 6.61 Å². The summed E-state index contributed by atoms with van der Waals surface area (Å²) in [4.78, 5) is 4.97. The molecule has 0 spiro atoms. The molecule has 1 N–H and O–H groups in total. The van der Waals surface area contributed by atoms with Crippen LogP contribution < -0.4 is 0 Å². The molecule has 5 nitrogen and oxygen atoms in total. The summed E-state index contributed by atoms with van der Waals surface area (Å²) in [5.41, 5.74) is 8.06. The lowest BCUT2D eigenvalue weighted by molar-refractivity contribution is 0.188.